The average molecular weight is 235 g/mol. The molecule has 0 aliphatic carbocycles. The predicted molar refractivity (Wildman–Crippen MR) is 60.8 cm³/mol. The van der Waals surface area contributed by atoms with Crippen molar-refractivity contribution in [3.63, 3.8) is 0 Å². The highest BCUT2D eigenvalue weighted by Crippen LogP contribution is 2.25. The molecule has 1 unspecified atom stereocenters. The number of aromatic nitrogens is 2. The summed E-state index contributed by atoms with van der Waals surface area (Å²) in [6, 6.07) is 0. The Morgan fingerprint density at radius 1 is 1.64 bits per heavy atom. The van der Waals surface area contributed by atoms with Gasteiger partial charge in [0.1, 0.15) is 5.15 Å². The van der Waals surface area contributed by atoms with Gasteiger partial charge in [-0.1, -0.05) is 18.5 Å². The number of aliphatic hydroxyl groups excluding tert-OH is 1. The molecule has 1 aromatic heterocycles. The van der Waals surface area contributed by atoms with Gasteiger partial charge in [-0.2, -0.15) is 16.9 Å². The Labute approximate surface area is 93.4 Å². The first-order chi connectivity index (χ1) is 6.56. The molecule has 0 aliphatic heterocycles. The van der Waals surface area contributed by atoms with Crippen molar-refractivity contribution in [3.8, 4) is 0 Å². The second-order valence-corrected chi connectivity index (χ2v) is 5.07. The lowest BCUT2D eigenvalue weighted by molar-refractivity contribution is 0.300. The van der Waals surface area contributed by atoms with Crippen LogP contribution < -0.4 is 0 Å². The molecule has 1 N–H and O–H groups in total. The van der Waals surface area contributed by atoms with E-state index in [1.165, 1.54) is 0 Å². The number of hydrogen-bond acceptors (Lipinski definition) is 3. The fourth-order valence-electron chi connectivity index (χ4n) is 1.12. The lowest BCUT2D eigenvalue weighted by Crippen LogP contribution is -2.02. The molecule has 0 saturated carbocycles. The second kappa shape index (κ2) is 5.05. The van der Waals surface area contributed by atoms with Crippen molar-refractivity contribution in [1.82, 2.24) is 9.78 Å². The minimum atomic E-state index is 0.196. The van der Waals surface area contributed by atoms with Crippen LogP contribution in [0.4, 0.5) is 0 Å². The molecule has 0 aliphatic rings. The monoisotopic (exact) mass is 234 g/mol. The summed E-state index contributed by atoms with van der Waals surface area (Å²) in [4.78, 5) is 0. The van der Waals surface area contributed by atoms with Crippen molar-refractivity contribution in [2.24, 2.45) is 7.05 Å². The van der Waals surface area contributed by atoms with E-state index < -0.39 is 0 Å². The van der Waals surface area contributed by atoms with Gasteiger partial charge in [-0.3, -0.25) is 4.68 Å². The molecule has 1 atom stereocenters. The maximum absolute atomic E-state index is 8.88. The molecule has 0 fully saturated rings. The van der Waals surface area contributed by atoms with E-state index in [0.29, 0.717) is 5.15 Å². The van der Waals surface area contributed by atoms with E-state index in [2.05, 4.69) is 5.10 Å². The summed E-state index contributed by atoms with van der Waals surface area (Å²) in [5.74, 6) is 0.806. The first-order valence-corrected chi connectivity index (χ1v) is 5.89. The Morgan fingerprint density at radius 3 is 2.71 bits per heavy atom. The highest BCUT2D eigenvalue weighted by atomic mass is 35.5. The number of thioether (sulfide) groups is 1. The van der Waals surface area contributed by atoms with Crippen molar-refractivity contribution in [3.05, 3.63) is 16.4 Å². The maximum atomic E-state index is 8.88. The third-order valence-electron chi connectivity index (χ3n) is 2.04. The Hall–Kier alpha value is -0.190. The van der Waals surface area contributed by atoms with Gasteiger partial charge in [-0.25, -0.2) is 0 Å². The summed E-state index contributed by atoms with van der Waals surface area (Å²) in [6.07, 6.45) is 0. The van der Waals surface area contributed by atoms with Crippen LogP contribution >= 0.6 is 23.4 Å². The molecule has 1 aromatic rings. The predicted octanol–water partition coefficient (Wildman–Crippen LogP) is 2.00. The molecule has 1 rings (SSSR count). The van der Waals surface area contributed by atoms with Gasteiger partial charge in [0.25, 0.3) is 0 Å². The van der Waals surface area contributed by atoms with Crippen molar-refractivity contribution in [1.29, 1.82) is 0 Å². The summed E-state index contributed by atoms with van der Waals surface area (Å²) in [5, 5.41) is 14.0. The number of aliphatic hydroxyl groups is 1. The van der Waals surface area contributed by atoms with E-state index in [0.717, 1.165) is 17.0 Å². The standard InChI is InChI=1S/C9H15ClN2OS/c1-6(4-13)14-5-8-7(2)11-12(3)9(8)10/h6,13H,4-5H2,1-3H3. The first-order valence-electron chi connectivity index (χ1n) is 4.46. The molecule has 14 heavy (non-hydrogen) atoms. The number of halogens is 1. The molecule has 0 amide bonds. The smallest absolute Gasteiger partial charge is 0.131 e. The van der Waals surface area contributed by atoms with Crippen LogP contribution in [0.5, 0.6) is 0 Å². The number of aryl methyl sites for hydroxylation is 2. The molecule has 0 spiro atoms. The summed E-state index contributed by atoms with van der Waals surface area (Å²) in [7, 11) is 1.83. The van der Waals surface area contributed by atoms with Gasteiger partial charge in [0.2, 0.25) is 0 Å². The Bertz CT molecular complexity index is 314. The topological polar surface area (TPSA) is 38.0 Å². The Kier molecular flexibility index (Phi) is 4.29. The Morgan fingerprint density at radius 2 is 2.29 bits per heavy atom. The number of rotatable bonds is 4. The molecular weight excluding hydrogens is 220 g/mol. The molecule has 0 aromatic carbocycles. The third-order valence-corrected chi connectivity index (χ3v) is 3.69. The van der Waals surface area contributed by atoms with Crippen molar-refractivity contribution in [2.75, 3.05) is 6.61 Å². The van der Waals surface area contributed by atoms with Crippen molar-refractivity contribution >= 4 is 23.4 Å². The Balaban J connectivity index is 2.67. The van der Waals surface area contributed by atoms with E-state index in [1.807, 2.05) is 20.9 Å². The fourth-order valence-corrected chi connectivity index (χ4v) is 2.34. The van der Waals surface area contributed by atoms with Crippen LogP contribution in [0.1, 0.15) is 18.2 Å². The molecule has 80 valence electrons. The summed E-state index contributed by atoms with van der Waals surface area (Å²) in [5.41, 5.74) is 2.04. The normalized spacial score (nSPS) is 13.2. The highest BCUT2D eigenvalue weighted by Gasteiger charge is 2.12. The van der Waals surface area contributed by atoms with Crippen LogP contribution in [0.2, 0.25) is 5.15 Å². The van der Waals surface area contributed by atoms with Crippen LogP contribution in [-0.4, -0.2) is 26.7 Å². The molecule has 1 heterocycles. The summed E-state index contributed by atoms with van der Waals surface area (Å²) >= 11 is 7.75. The maximum Gasteiger partial charge on any atom is 0.131 e. The zero-order chi connectivity index (χ0) is 10.7. The van der Waals surface area contributed by atoms with Gasteiger partial charge < -0.3 is 5.11 Å². The number of nitrogens with zero attached hydrogens (tertiary/aromatic N) is 2. The first kappa shape index (κ1) is 11.9. The fraction of sp³-hybridized carbons (Fsp3) is 0.667. The SMILES string of the molecule is Cc1nn(C)c(Cl)c1CSC(C)CO. The third kappa shape index (κ3) is 2.65. The van der Waals surface area contributed by atoms with Crippen LogP contribution in [0, 0.1) is 6.92 Å². The largest absolute Gasteiger partial charge is 0.395 e. The summed E-state index contributed by atoms with van der Waals surface area (Å²) < 4.78 is 1.68. The van der Waals surface area contributed by atoms with E-state index in [4.69, 9.17) is 16.7 Å². The van der Waals surface area contributed by atoms with Gasteiger partial charge >= 0.3 is 0 Å². The number of hydrogen-bond donors (Lipinski definition) is 1. The molecule has 0 radical (unpaired) electrons. The van der Waals surface area contributed by atoms with Crippen LogP contribution in [0.15, 0.2) is 0 Å². The molecular formula is C9H15ClN2OS. The van der Waals surface area contributed by atoms with Gasteiger partial charge in [0.05, 0.1) is 12.3 Å². The zero-order valence-corrected chi connectivity index (χ0v) is 10.2. The molecule has 0 saturated heterocycles. The lowest BCUT2D eigenvalue weighted by Gasteiger charge is -2.06. The highest BCUT2D eigenvalue weighted by molar-refractivity contribution is 7.99. The van der Waals surface area contributed by atoms with Gasteiger partial charge in [0, 0.05) is 23.6 Å². The van der Waals surface area contributed by atoms with E-state index in [9.17, 15) is 0 Å². The second-order valence-electron chi connectivity index (χ2n) is 3.28. The summed E-state index contributed by atoms with van der Waals surface area (Å²) in [6.45, 7) is 4.14. The van der Waals surface area contributed by atoms with E-state index >= 15 is 0 Å². The lowest BCUT2D eigenvalue weighted by atomic mass is 10.3. The molecule has 5 heteroatoms. The van der Waals surface area contributed by atoms with Gasteiger partial charge in [-0.15, -0.1) is 0 Å². The van der Waals surface area contributed by atoms with Crippen LogP contribution in [0.3, 0.4) is 0 Å². The van der Waals surface area contributed by atoms with Crippen LogP contribution in [0.25, 0.3) is 0 Å². The molecule has 0 bridgehead atoms. The van der Waals surface area contributed by atoms with E-state index in [1.54, 1.807) is 16.4 Å². The van der Waals surface area contributed by atoms with Crippen molar-refractivity contribution in [2.45, 2.75) is 24.9 Å². The average Bonchev–Trinajstić information content (AvgIpc) is 2.39. The minimum absolute atomic E-state index is 0.196. The van der Waals surface area contributed by atoms with Crippen molar-refractivity contribution < 1.29 is 5.11 Å². The van der Waals surface area contributed by atoms with Crippen LogP contribution in [-0.2, 0) is 12.8 Å². The van der Waals surface area contributed by atoms with Gasteiger partial charge in [0.15, 0.2) is 0 Å². The van der Waals surface area contributed by atoms with Gasteiger partial charge in [-0.05, 0) is 6.92 Å². The minimum Gasteiger partial charge on any atom is -0.395 e. The quantitative estimate of drug-likeness (QED) is 0.866. The molecule has 3 nitrogen and oxygen atoms in total. The van der Waals surface area contributed by atoms with E-state index in [-0.39, 0.29) is 11.9 Å². The zero-order valence-electron chi connectivity index (χ0n) is 8.62.